The number of hydrogen-bond donors (Lipinski definition) is 2. The van der Waals surface area contributed by atoms with Gasteiger partial charge in [-0.2, -0.15) is 10.1 Å². The fourth-order valence-corrected chi connectivity index (χ4v) is 1.97. The number of halogens is 2. The topological polar surface area (TPSA) is 79.9 Å². The molecule has 0 aliphatic rings. The zero-order valence-electron chi connectivity index (χ0n) is 8.98. The highest BCUT2D eigenvalue weighted by molar-refractivity contribution is 9.10. The van der Waals surface area contributed by atoms with Crippen LogP contribution in [0.1, 0.15) is 0 Å². The van der Waals surface area contributed by atoms with Crippen LogP contribution in [0.2, 0.25) is 5.02 Å². The van der Waals surface area contributed by atoms with Gasteiger partial charge in [-0.05, 0) is 34.1 Å². The highest BCUT2D eigenvalue weighted by Gasteiger charge is 2.07. The van der Waals surface area contributed by atoms with Gasteiger partial charge in [-0.15, -0.1) is 0 Å². The number of carbonyl (C=O) groups is 1. The van der Waals surface area contributed by atoms with E-state index in [0.29, 0.717) is 15.2 Å². The molecule has 18 heavy (non-hydrogen) atoms. The summed E-state index contributed by atoms with van der Waals surface area (Å²) in [5.74, 6) is 0.472. The highest BCUT2D eigenvalue weighted by Crippen LogP contribution is 2.27. The SMILES string of the molecule is O=C(COc1ccc(Cl)cc1Br)Nc1ncn[nH]1. The molecule has 0 saturated carbocycles. The molecule has 0 aliphatic heterocycles. The maximum absolute atomic E-state index is 11.5. The Bertz CT molecular complexity index is 547. The Balaban J connectivity index is 1.89. The number of hydrogen-bond acceptors (Lipinski definition) is 4. The minimum atomic E-state index is -0.339. The van der Waals surface area contributed by atoms with Gasteiger partial charge < -0.3 is 4.74 Å². The Morgan fingerprint density at radius 2 is 2.39 bits per heavy atom. The number of amides is 1. The Labute approximate surface area is 116 Å². The lowest BCUT2D eigenvalue weighted by molar-refractivity contribution is -0.118. The largest absolute Gasteiger partial charge is 0.483 e. The second-order valence-corrected chi connectivity index (χ2v) is 4.54. The number of rotatable bonds is 4. The number of nitrogens with one attached hydrogen (secondary N) is 2. The standard InChI is InChI=1S/C10H8BrClN4O2/c11-7-3-6(12)1-2-8(7)18-4-9(17)15-10-13-5-14-16-10/h1-3,5H,4H2,(H2,13,14,15,16,17). The van der Waals surface area contributed by atoms with E-state index in [4.69, 9.17) is 16.3 Å². The predicted octanol–water partition coefficient (Wildman–Crippen LogP) is 2.24. The molecule has 2 rings (SSSR count). The summed E-state index contributed by atoms with van der Waals surface area (Å²) >= 11 is 9.08. The molecule has 0 unspecified atom stereocenters. The Morgan fingerprint density at radius 1 is 1.56 bits per heavy atom. The molecule has 0 atom stereocenters. The number of nitrogens with zero attached hydrogens (tertiary/aromatic N) is 2. The van der Waals surface area contributed by atoms with E-state index >= 15 is 0 Å². The molecule has 0 radical (unpaired) electrons. The first kappa shape index (κ1) is 12.8. The summed E-state index contributed by atoms with van der Waals surface area (Å²) in [5, 5.41) is 9.19. The minimum absolute atomic E-state index is 0.138. The quantitative estimate of drug-likeness (QED) is 0.900. The van der Waals surface area contributed by atoms with Crippen LogP contribution in [0.4, 0.5) is 5.95 Å². The number of benzene rings is 1. The van der Waals surface area contributed by atoms with Gasteiger partial charge in [0.25, 0.3) is 5.91 Å². The summed E-state index contributed by atoms with van der Waals surface area (Å²) in [6.07, 6.45) is 1.30. The van der Waals surface area contributed by atoms with Gasteiger partial charge in [0.2, 0.25) is 5.95 Å². The first-order valence-electron chi connectivity index (χ1n) is 4.88. The lowest BCUT2D eigenvalue weighted by atomic mass is 10.3. The molecule has 1 heterocycles. The smallest absolute Gasteiger partial charge is 0.264 e. The lowest BCUT2D eigenvalue weighted by Gasteiger charge is -2.07. The fourth-order valence-electron chi connectivity index (χ4n) is 1.17. The molecule has 0 spiro atoms. The first-order valence-corrected chi connectivity index (χ1v) is 6.05. The third-order valence-electron chi connectivity index (χ3n) is 1.93. The van der Waals surface area contributed by atoms with Crippen molar-refractivity contribution < 1.29 is 9.53 Å². The van der Waals surface area contributed by atoms with Crippen molar-refractivity contribution in [1.29, 1.82) is 0 Å². The molecule has 0 bridgehead atoms. The van der Waals surface area contributed by atoms with Crippen molar-refractivity contribution in [2.24, 2.45) is 0 Å². The van der Waals surface area contributed by atoms with E-state index in [2.05, 4.69) is 36.4 Å². The van der Waals surface area contributed by atoms with E-state index in [1.165, 1.54) is 6.33 Å². The molecule has 1 aromatic carbocycles. The van der Waals surface area contributed by atoms with Crippen LogP contribution in [-0.4, -0.2) is 27.7 Å². The molecule has 0 saturated heterocycles. The third kappa shape index (κ3) is 3.44. The normalized spacial score (nSPS) is 10.1. The Morgan fingerprint density at radius 3 is 3.06 bits per heavy atom. The van der Waals surface area contributed by atoms with E-state index in [-0.39, 0.29) is 18.5 Å². The second-order valence-electron chi connectivity index (χ2n) is 3.25. The van der Waals surface area contributed by atoms with Gasteiger partial charge >= 0.3 is 0 Å². The molecule has 1 amide bonds. The molecule has 6 nitrogen and oxygen atoms in total. The summed E-state index contributed by atoms with van der Waals surface area (Å²) < 4.78 is 6.01. The summed E-state index contributed by atoms with van der Waals surface area (Å²) in [7, 11) is 0. The molecule has 0 aliphatic carbocycles. The molecule has 8 heteroatoms. The monoisotopic (exact) mass is 330 g/mol. The number of carbonyl (C=O) groups excluding carboxylic acids is 1. The number of aromatic nitrogens is 3. The zero-order chi connectivity index (χ0) is 13.0. The van der Waals surface area contributed by atoms with Crippen LogP contribution in [0.15, 0.2) is 29.0 Å². The number of ether oxygens (including phenoxy) is 1. The summed E-state index contributed by atoms with van der Waals surface area (Å²) in [6.45, 7) is -0.138. The maximum Gasteiger partial charge on any atom is 0.264 e. The van der Waals surface area contributed by atoms with Gasteiger partial charge in [0.05, 0.1) is 4.47 Å². The summed E-state index contributed by atoms with van der Waals surface area (Å²) in [5.41, 5.74) is 0. The van der Waals surface area contributed by atoms with Gasteiger partial charge in [0, 0.05) is 5.02 Å². The van der Waals surface area contributed by atoms with Crippen molar-refractivity contribution in [1.82, 2.24) is 15.2 Å². The van der Waals surface area contributed by atoms with E-state index < -0.39 is 0 Å². The summed E-state index contributed by atoms with van der Waals surface area (Å²) in [4.78, 5) is 15.3. The Kier molecular flexibility index (Phi) is 4.16. The van der Waals surface area contributed by atoms with Crippen LogP contribution >= 0.6 is 27.5 Å². The van der Waals surface area contributed by atoms with E-state index in [1.54, 1.807) is 18.2 Å². The molecule has 2 N–H and O–H groups in total. The molecule has 2 aromatic rings. The highest BCUT2D eigenvalue weighted by atomic mass is 79.9. The molecular weight excluding hydrogens is 323 g/mol. The van der Waals surface area contributed by atoms with Crippen molar-refractivity contribution in [3.63, 3.8) is 0 Å². The molecule has 0 fully saturated rings. The van der Waals surface area contributed by atoms with Gasteiger partial charge in [0.1, 0.15) is 12.1 Å². The van der Waals surface area contributed by atoms with Crippen molar-refractivity contribution in [2.45, 2.75) is 0 Å². The average Bonchev–Trinajstić information content (AvgIpc) is 2.80. The van der Waals surface area contributed by atoms with Gasteiger partial charge in [-0.3, -0.25) is 10.1 Å². The second kappa shape index (κ2) is 5.83. The maximum atomic E-state index is 11.5. The first-order chi connectivity index (χ1) is 8.65. The molecule has 1 aromatic heterocycles. The van der Waals surface area contributed by atoms with Crippen molar-refractivity contribution in [3.8, 4) is 5.75 Å². The van der Waals surface area contributed by atoms with Crippen molar-refractivity contribution >= 4 is 39.4 Å². The van der Waals surface area contributed by atoms with Crippen LogP contribution in [0.3, 0.4) is 0 Å². The average molecular weight is 332 g/mol. The van der Waals surface area contributed by atoms with E-state index in [9.17, 15) is 4.79 Å². The zero-order valence-corrected chi connectivity index (χ0v) is 11.3. The van der Waals surface area contributed by atoms with E-state index in [1.807, 2.05) is 0 Å². The van der Waals surface area contributed by atoms with Gasteiger partial charge in [0.15, 0.2) is 6.61 Å². The predicted molar refractivity (Wildman–Crippen MR) is 69.7 cm³/mol. The van der Waals surface area contributed by atoms with Crippen molar-refractivity contribution in [2.75, 3.05) is 11.9 Å². The van der Waals surface area contributed by atoms with Crippen LogP contribution in [0.25, 0.3) is 0 Å². The van der Waals surface area contributed by atoms with E-state index in [0.717, 1.165) is 0 Å². The van der Waals surface area contributed by atoms with Gasteiger partial charge in [-0.25, -0.2) is 5.10 Å². The van der Waals surface area contributed by atoms with Crippen molar-refractivity contribution in [3.05, 3.63) is 34.0 Å². The fraction of sp³-hybridized carbons (Fsp3) is 0.100. The summed E-state index contributed by atoms with van der Waals surface area (Å²) in [6, 6.07) is 5.04. The molecular formula is C10H8BrClN4O2. The van der Waals surface area contributed by atoms with Crippen LogP contribution in [0, 0.1) is 0 Å². The third-order valence-corrected chi connectivity index (χ3v) is 2.78. The van der Waals surface area contributed by atoms with Gasteiger partial charge in [-0.1, -0.05) is 11.6 Å². The van der Waals surface area contributed by atoms with Crippen LogP contribution < -0.4 is 10.1 Å². The number of aromatic amines is 1. The lowest BCUT2D eigenvalue weighted by Crippen LogP contribution is -2.20. The van der Waals surface area contributed by atoms with Crippen LogP contribution in [-0.2, 0) is 4.79 Å². The Hall–Kier alpha value is -1.60. The minimum Gasteiger partial charge on any atom is -0.483 e. The number of H-pyrrole nitrogens is 1. The van der Waals surface area contributed by atoms with Crippen LogP contribution in [0.5, 0.6) is 5.75 Å². The number of anilines is 1. The molecule has 94 valence electrons.